The highest BCUT2D eigenvalue weighted by atomic mass is 35.5. The third kappa shape index (κ3) is 2.40. The van der Waals surface area contributed by atoms with Crippen molar-refractivity contribution < 1.29 is 0 Å². The van der Waals surface area contributed by atoms with Gasteiger partial charge < -0.3 is 5.73 Å². The number of hydrogen-bond acceptors (Lipinski definition) is 2. The molecule has 0 unspecified atom stereocenters. The Labute approximate surface area is 122 Å². The first-order valence-electron chi connectivity index (χ1n) is 6.32. The number of aromatic nitrogens is 2. The van der Waals surface area contributed by atoms with Gasteiger partial charge in [0.15, 0.2) is 0 Å². The van der Waals surface area contributed by atoms with Crippen LogP contribution in [0, 0.1) is 6.92 Å². The lowest BCUT2D eigenvalue weighted by Gasteiger charge is -2.03. The van der Waals surface area contributed by atoms with Crippen molar-refractivity contribution in [2.75, 3.05) is 5.73 Å². The van der Waals surface area contributed by atoms with E-state index >= 15 is 0 Å². The maximum atomic E-state index is 6.05. The van der Waals surface area contributed by atoms with Crippen LogP contribution in [-0.4, -0.2) is 9.78 Å². The molecular weight excluding hydrogens is 270 g/mol. The van der Waals surface area contributed by atoms with Gasteiger partial charge in [0.25, 0.3) is 0 Å². The van der Waals surface area contributed by atoms with Gasteiger partial charge in [0.1, 0.15) is 5.82 Å². The summed E-state index contributed by atoms with van der Waals surface area (Å²) in [5, 5.41) is 5.26. The van der Waals surface area contributed by atoms with Crippen molar-refractivity contribution in [3.05, 3.63) is 65.2 Å². The van der Waals surface area contributed by atoms with Gasteiger partial charge in [-0.05, 0) is 37.3 Å². The lowest BCUT2D eigenvalue weighted by Crippen LogP contribution is -2.01. The van der Waals surface area contributed by atoms with Crippen LogP contribution in [0.4, 0.5) is 5.82 Å². The Morgan fingerprint density at radius 2 is 1.80 bits per heavy atom. The number of rotatable bonds is 2. The molecule has 3 aromatic rings. The standard InChI is InChI=1S/C16H14ClN3/c1-11-3-2-4-12(9-11)15-10-16(18)20(19-15)14-7-5-13(17)6-8-14/h2-10H,18H2,1H3. The molecule has 0 aliphatic carbocycles. The van der Waals surface area contributed by atoms with E-state index in [9.17, 15) is 0 Å². The van der Waals surface area contributed by atoms with Gasteiger partial charge in [0.05, 0.1) is 11.4 Å². The minimum atomic E-state index is 0.601. The number of halogens is 1. The molecule has 3 nitrogen and oxygen atoms in total. The molecule has 0 saturated carbocycles. The van der Waals surface area contributed by atoms with Crippen molar-refractivity contribution in [2.24, 2.45) is 0 Å². The van der Waals surface area contributed by atoms with E-state index in [1.165, 1.54) is 5.56 Å². The second-order valence-corrected chi connectivity index (χ2v) is 5.15. The van der Waals surface area contributed by atoms with Crippen molar-refractivity contribution in [1.29, 1.82) is 0 Å². The number of nitrogen functional groups attached to an aromatic ring is 1. The Kier molecular flexibility index (Phi) is 3.20. The normalized spacial score (nSPS) is 10.7. The molecule has 100 valence electrons. The molecule has 4 heteroatoms. The number of aryl methyl sites for hydroxylation is 1. The quantitative estimate of drug-likeness (QED) is 0.770. The fourth-order valence-electron chi connectivity index (χ4n) is 2.13. The third-order valence-electron chi connectivity index (χ3n) is 3.12. The van der Waals surface area contributed by atoms with Crippen LogP contribution in [0.5, 0.6) is 0 Å². The summed E-state index contributed by atoms with van der Waals surface area (Å²) in [6.07, 6.45) is 0. The molecule has 0 aliphatic heterocycles. The zero-order chi connectivity index (χ0) is 14.1. The molecule has 0 spiro atoms. The van der Waals surface area contributed by atoms with Crippen molar-refractivity contribution in [3.63, 3.8) is 0 Å². The molecule has 20 heavy (non-hydrogen) atoms. The predicted octanol–water partition coefficient (Wildman–Crippen LogP) is 4.08. The first-order chi connectivity index (χ1) is 9.63. The molecule has 0 fully saturated rings. The smallest absolute Gasteiger partial charge is 0.127 e. The van der Waals surface area contributed by atoms with E-state index in [-0.39, 0.29) is 0 Å². The summed E-state index contributed by atoms with van der Waals surface area (Å²) in [5.41, 5.74) is 10.1. The molecule has 0 amide bonds. The number of benzene rings is 2. The Bertz CT molecular complexity index is 745. The monoisotopic (exact) mass is 283 g/mol. The lowest BCUT2D eigenvalue weighted by atomic mass is 10.1. The van der Waals surface area contributed by atoms with Gasteiger partial charge in [-0.1, -0.05) is 35.4 Å². The molecule has 1 aromatic heterocycles. The fourth-order valence-corrected chi connectivity index (χ4v) is 2.26. The zero-order valence-corrected chi connectivity index (χ0v) is 11.8. The molecule has 0 bridgehead atoms. The first-order valence-corrected chi connectivity index (χ1v) is 6.70. The molecule has 1 heterocycles. The third-order valence-corrected chi connectivity index (χ3v) is 3.37. The number of nitrogens with zero attached hydrogens (tertiary/aromatic N) is 2. The van der Waals surface area contributed by atoms with Crippen LogP contribution in [0.25, 0.3) is 16.9 Å². The van der Waals surface area contributed by atoms with Gasteiger partial charge in [-0.15, -0.1) is 0 Å². The summed E-state index contributed by atoms with van der Waals surface area (Å²) in [6, 6.07) is 17.5. The zero-order valence-electron chi connectivity index (χ0n) is 11.0. The summed E-state index contributed by atoms with van der Waals surface area (Å²) in [6.45, 7) is 2.06. The van der Waals surface area contributed by atoms with Crippen LogP contribution in [0.15, 0.2) is 54.6 Å². The van der Waals surface area contributed by atoms with E-state index in [4.69, 9.17) is 17.3 Å². The van der Waals surface area contributed by atoms with Crippen LogP contribution < -0.4 is 5.73 Å². The molecule has 2 N–H and O–H groups in total. The highest BCUT2D eigenvalue weighted by Gasteiger charge is 2.08. The number of nitrogens with two attached hydrogens (primary N) is 1. The van der Waals surface area contributed by atoms with E-state index in [0.29, 0.717) is 10.8 Å². The maximum absolute atomic E-state index is 6.05. The number of hydrogen-bond donors (Lipinski definition) is 1. The second kappa shape index (κ2) is 5.02. The predicted molar refractivity (Wildman–Crippen MR) is 83.2 cm³/mol. The largest absolute Gasteiger partial charge is 0.384 e. The highest BCUT2D eigenvalue weighted by molar-refractivity contribution is 6.30. The van der Waals surface area contributed by atoms with Crippen LogP contribution in [-0.2, 0) is 0 Å². The van der Waals surface area contributed by atoms with Crippen molar-refractivity contribution in [2.45, 2.75) is 6.92 Å². The van der Waals surface area contributed by atoms with Gasteiger partial charge in [0.2, 0.25) is 0 Å². The van der Waals surface area contributed by atoms with E-state index in [0.717, 1.165) is 16.9 Å². The Balaban J connectivity index is 2.05. The minimum Gasteiger partial charge on any atom is -0.384 e. The van der Waals surface area contributed by atoms with Crippen LogP contribution in [0.1, 0.15) is 5.56 Å². The van der Waals surface area contributed by atoms with E-state index in [2.05, 4.69) is 24.2 Å². The molecule has 0 saturated heterocycles. The summed E-state index contributed by atoms with van der Waals surface area (Å²) >= 11 is 5.90. The summed E-state index contributed by atoms with van der Waals surface area (Å²) in [7, 11) is 0. The van der Waals surface area contributed by atoms with Crippen molar-refractivity contribution in [1.82, 2.24) is 9.78 Å². The summed E-state index contributed by atoms with van der Waals surface area (Å²) in [5.74, 6) is 0.601. The first kappa shape index (κ1) is 12.8. The second-order valence-electron chi connectivity index (χ2n) is 4.71. The van der Waals surface area contributed by atoms with Gasteiger partial charge in [-0.3, -0.25) is 0 Å². The summed E-state index contributed by atoms with van der Waals surface area (Å²) < 4.78 is 1.72. The molecule has 0 aliphatic rings. The van der Waals surface area contributed by atoms with Crippen molar-refractivity contribution >= 4 is 17.4 Å². The van der Waals surface area contributed by atoms with Crippen molar-refractivity contribution in [3.8, 4) is 16.9 Å². The fraction of sp³-hybridized carbons (Fsp3) is 0.0625. The van der Waals surface area contributed by atoms with Gasteiger partial charge in [-0.25, -0.2) is 4.68 Å². The average molecular weight is 284 g/mol. The minimum absolute atomic E-state index is 0.601. The topological polar surface area (TPSA) is 43.8 Å². The van der Waals surface area contributed by atoms with Gasteiger partial charge in [-0.2, -0.15) is 5.10 Å². The Morgan fingerprint density at radius 3 is 2.50 bits per heavy atom. The molecule has 0 radical (unpaired) electrons. The lowest BCUT2D eigenvalue weighted by molar-refractivity contribution is 0.895. The molecule has 0 atom stereocenters. The Hall–Kier alpha value is -2.26. The Morgan fingerprint density at radius 1 is 1.05 bits per heavy atom. The molecular formula is C16H14ClN3. The maximum Gasteiger partial charge on any atom is 0.127 e. The van der Waals surface area contributed by atoms with Crippen LogP contribution in [0.2, 0.25) is 5.02 Å². The molecule has 2 aromatic carbocycles. The molecule has 3 rings (SSSR count). The van der Waals surface area contributed by atoms with Crippen LogP contribution in [0.3, 0.4) is 0 Å². The van der Waals surface area contributed by atoms with E-state index < -0.39 is 0 Å². The SMILES string of the molecule is Cc1cccc(-c2cc(N)n(-c3ccc(Cl)cc3)n2)c1. The highest BCUT2D eigenvalue weighted by Crippen LogP contribution is 2.24. The van der Waals surface area contributed by atoms with Gasteiger partial charge >= 0.3 is 0 Å². The van der Waals surface area contributed by atoms with Gasteiger partial charge in [0, 0.05) is 16.7 Å². The average Bonchev–Trinajstić information content (AvgIpc) is 2.82. The van der Waals surface area contributed by atoms with E-state index in [1.807, 2.05) is 42.5 Å². The summed E-state index contributed by atoms with van der Waals surface area (Å²) in [4.78, 5) is 0. The number of anilines is 1. The van der Waals surface area contributed by atoms with Crippen LogP contribution >= 0.6 is 11.6 Å². The van der Waals surface area contributed by atoms with E-state index in [1.54, 1.807) is 4.68 Å².